The fraction of sp³-hybridized carbons (Fsp3) is 0.333. The van der Waals surface area contributed by atoms with Gasteiger partial charge in [0.15, 0.2) is 0 Å². The van der Waals surface area contributed by atoms with Gasteiger partial charge in [-0.15, -0.1) is 0 Å². The molecule has 0 spiro atoms. The number of fused-ring (bicyclic) bond motifs is 2. The van der Waals surface area contributed by atoms with Crippen LogP contribution < -0.4 is 19.3 Å². The fourth-order valence-electron chi connectivity index (χ4n) is 5.72. The summed E-state index contributed by atoms with van der Waals surface area (Å²) in [6, 6.07) is 22.1. The summed E-state index contributed by atoms with van der Waals surface area (Å²) in [6.45, 7) is 16.5. The molecule has 4 aromatic rings. The van der Waals surface area contributed by atoms with Crippen LogP contribution in [0, 0.1) is 11.6 Å². The second-order valence-corrected chi connectivity index (χ2v) is 11.9. The highest BCUT2D eigenvalue weighted by Crippen LogP contribution is 2.52. The molecule has 42 heavy (non-hydrogen) atoms. The van der Waals surface area contributed by atoms with Crippen molar-refractivity contribution < 1.29 is 18.3 Å². The van der Waals surface area contributed by atoms with Gasteiger partial charge < -0.3 is 19.3 Å². The Morgan fingerprint density at radius 3 is 1.19 bits per heavy atom. The average Bonchev–Trinajstić information content (AvgIpc) is 2.92. The molecule has 6 heteroatoms. The Bertz CT molecular complexity index is 1480. The molecule has 0 bridgehead atoms. The maximum Gasteiger partial charge on any atom is 0.127 e. The quantitative estimate of drug-likeness (QED) is 0.210. The maximum absolute atomic E-state index is 14.5. The smallest absolute Gasteiger partial charge is 0.127 e. The third kappa shape index (κ3) is 5.67. The van der Waals surface area contributed by atoms with E-state index in [2.05, 4.69) is 61.8 Å². The Morgan fingerprint density at radius 2 is 0.857 bits per heavy atom. The molecule has 4 nitrogen and oxygen atoms in total. The van der Waals surface area contributed by atoms with Crippen LogP contribution in [-0.2, 0) is 0 Å². The third-order valence-corrected chi connectivity index (χ3v) is 7.25. The first kappa shape index (κ1) is 29.4. The van der Waals surface area contributed by atoms with Crippen LogP contribution >= 0.6 is 0 Å². The van der Waals surface area contributed by atoms with Crippen LogP contribution in [0.5, 0.6) is 11.5 Å². The summed E-state index contributed by atoms with van der Waals surface area (Å²) in [7, 11) is 0. The number of anilines is 4. The Kier molecular flexibility index (Phi) is 8.18. The lowest BCUT2D eigenvalue weighted by Crippen LogP contribution is -2.36. The lowest BCUT2D eigenvalue weighted by Gasteiger charge is -2.44. The number of halogens is 2. The predicted molar refractivity (Wildman–Crippen MR) is 170 cm³/mol. The predicted octanol–water partition coefficient (Wildman–Crippen LogP) is 10.3. The average molecular weight is 571 g/mol. The molecule has 1 aliphatic rings. The van der Waals surface area contributed by atoms with E-state index in [1.54, 1.807) is 12.1 Å². The molecular formula is C36H40F2N2O2. The molecule has 5 rings (SSSR count). The highest BCUT2D eigenvalue weighted by Gasteiger charge is 2.32. The molecule has 1 aliphatic heterocycles. The van der Waals surface area contributed by atoms with Crippen molar-refractivity contribution in [3.63, 3.8) is 0 Å². The molecule has 0 N–H and O–H groups in total. The minimum atomic E-state index is -0.306. The standard InChI is InChI=1S/C36H40F2N2O2/c1-21(2)39-31-13-9-26(30-20-28(38)12-16-36(30)42-24(7)8)18-34(31)40(22(3)4)32-14-10-25(17-33(32)39)29-19-27(37)11-15-35(29)41-23(5)6/h9-24H,1-8H3. The second kappa shape index (κ2) is 11.7. The van der Waals surface area contributed by atoms with Crippen LogP contribution in [-0.4, -0.2) is 24.3 Å². The molecule has 0 aliphatic carbocycles. The normalized spacial score (nSPS) is 12.8. The molecule has 0 fully saturated rings. The molecule has 0 saturated heterocycles. The third-order valence-electron chi connectivity index (χ3n) is 7.25. The van der Waals surface area contributed by atoms with Crippen molar-refractivity contribution in [2.75, 3.05) is 9.80 Å². The monoisotopic (exact) mass is 570 g/mol. The van der Waals surface area contributed by atoms with Gasteiger partial charge in [0, 0.05) is 23.2 Å². The molecule has 4 aromatic carbocycles. The van der Waals surface area contributed by atoms with Crippen LogP contribution in [0.1, 0.15) is 55.4 Å². The van der Waals surface area contributed by atoms with E-state index in [1.807, 2.05) is 39.8 Å². The zero-order valence-electron chi connectivity index (χ0n) is 25.7. The van der Waals surface area contributed by atoms with E-state index in [9.17, 15) is 8.78 Å². The zero-order chi connectivity index (χ0) is 30.3. The van der Waals surface area contributed by atoms with Gasteiger partial charge in [0.1, 0.15) is 23.1 Å². The van der Waals surface area contributed by atoms with Gasteiger partial charge in [0.25, 0.3) is 0 Å². The molecular weight excluding hydrogens is 530 g/mol. The van der Waals surface area contributed by atoms with Crippen molar-refractivity contribution in [1.82, 2.24) is 0 Å². The molecule has 0 saturated carbocycles. The number of hydrogen-bond donors (Lipinski definition) is 0. The fourth-order valence-corrected chi connectivity index (χ4v) is 5.72. The summed E-state index contributed by atoms with van der Waals surface area (Å²) in [5, 5.41) is 0. The van der Waals surface area contributed by atoms with E-state index in [4.69, 9.17) is 9.47 Å². The van der Waals surface area contributed by atoms with E-state index < -0.39 is 0 Å². The van der Waals surface area contributed by atoms with E-state index in [0.717, 1.165) is 45.0 Å². The molecule has 0 aromatic heterocycles. The molecule has 0 unspecified atom stereocenters. The molecule has 0 amide bonds. The summed E-state index contributed by atoms with van der Waals surface area (Å²) in [6.07, 6.45) is -0.0814. The number of nitrogens with zero attached hydrogens (tertiary/aromatic N) is 2. The van der Waals surface area contributed by atoms with Gasteiger partial charge in [-0.05, 0) is 127 Å². The number of ether oxygens (including phenoxy) is 2. The molecule has 0 atom stereocenters. The summed E-state index contributed by atoms with van der Waals surface area (Å²) in [4.78, 5) is 4.63. The van der Waals surface area contributed by atoms with Crippen LogP contribution in [0.25, 0.3) is 22.3 Å². The first-order chi connectivity index (χ1) is 19.9. The largest absolute Gasteiger partial charge is 0.490 e. The van der Waals surface area contributed by atoms with Crippen molar-refractivity contribution in [2.45, 2.75) is 79.7 Å². The van der Waals surface area contributed by atoms with Gasteiger partial charge >= 0.3 is 0 Å². The van der Waals surface area contributed by atoms with Gasteiger partial charge in [-0.3, -0.25) is 0 Å². The maximum atomic E-state index is 14.5. The molecule has 1 heterocycles. The highest BCUT2D eigenvalue weighted by atomic mass is 19.1. The van der Waals surface area contributed by atoms with Gasteiger partial charge in [-0.25, -0.2) is 8.78 Å². The topological polar surface area (TPSA) is 24.9 Å². The Balaban J connectivity index is 1.68. The molecule has 220 valence electrons. The van der Waals surface area contributed by atoms with Crippen LogP contribution in [0.3, 0.4) is 0 Å². The molecule has 0 radical (unpaired) electrons. The van der Waals surface area contributed by atoms with Crippen LogP contribution in [0.2, 0.25) is 0 Å². The minimum absolute atomic E-state index is 0.0407. The Morgan fingerprint density at radius 1 is 0.476 bits per heavy atom. The van der Waals surface area contributed by atoms with E-state index in [1.165, 1.54) is 24.3 Å². The van der Waals surface area contributed by atoms with Crippen molar-refractivity contribution in [3.8, 4) is 33.8 Å². The van der Waals surface area contributed by atoms with Crippen LogP contribution in [0.4, 0.5) is 31.5 Å². The van der Waals surface area contributed by atoms with Crippen molar-refractivity contribution in [2.24, 2.45) is 0 Å². The van der Waals surface area contributed by atoms with Gasteiger partial charge in [-0.1, -0.05) is 12.1 Å². The summed E-state index contributed by atoms with van der Waals surface area (Å²) in [5.74, 6) is 0.691. The summed E-state index contributed by atoms with van der Waals surface area (Å²) < 4.78 is 41.1. The Labute approximate surface area is 248 Å². The number of rotatable bonds is 8. The second-order valence-electron chi connectivity index (χ2n) is 11.9. The highest BCUT2D eigenvalue weighted by molar-refractivity contribution is 5.97. The Hall–Kier alpha value is -4.06. The van der Waals surface area contributed by atoms with E-state index >= 15 is 0 Å². The van der Waals surface area contributed by atoms with Crippen molar-refractivity contribution in [1.29, 1.82) is 0 Å². The first-order valence-corrected chi connectivity index (χ1v) is 14.7. The van der Waals surface area contributed by atoms with Crippen molar-refractivity contribution in [3.05, 3.63) is 84.4 Å². The lowest BCUT2D eigenvalue weighted by molar-refractivity contribution is 0.243. The number of benzene rings is 4. The minimum Gasteiger partial charge on any atom is -0.490 e. The summed E-state index contributed by atoms with van der Waals surface area (Å²) >= 11 is 0. The van der Waals surface area contributed by atoms with Gasteiger partial charge in [0.05, 0.1) is 35.0 Å². The zero-order valence-corrected chi connectivity index (χ0v) is 25.7. The lowest BCUT2D eigenvalue weighted by atomic mass is 9.96. The van der Waals surface area contributed by atoms with Gasteiger partial charge in [-0.2, -0.15) is 0 Å². The van der Waals surface area contributed by atoms with Crippen molar-refractivity contribution >= 4 is 22.7 Å². The van der Waals surface area contributed by atoms with E-state index in [-0.39, 0.29) is 35.9 Å². The van der Waals surface area contributed by atoms with Crippen LogP contribution in [0.15, 0.2) is 72.8 Å². The SMILES string of the molecule is CC(C)Oc1ccc(F)cc1-c1ccc2c(c1)N(C(C)C)c1ccc(-c3cc(F)ccc3OC(C)C)cc1N2C(C)C. The number of hydrogen-bond acceptors (Lipinski definition) is 4. The first-order valence-electron chi connectivity index (χ1n) is 14.7. The summed E-state index contributed by atoms with van der Waals surface area (Å²) in [5.41, 5.74) is 7.37. The van der Waals surface area contributed by atoms with Gasteiger partial charge in [0.2, 0.25) is 0 Å². The van der Waals surface area contributed by atoms with E-state index in [0.29, 0.717) is 11.5 Å².